The van der Waals surface area contributed by atoms with E-state index in [1.165, 1.54) is 19.1 Å². The normalized spacial score (nSPS) is 16.7. The highest BCUT2D eigenvalue weighted by molar-refractivity contribution is 7.27. The molecule has 3 rings (SSSR count). The fourth-order valence-electron chi connectivity index (χ4n) is 6.12. The highest BCUT2D eigenvalue weighted by Crippen LogP contribution is 2.43. The fourth-order valence-corrected chi connectivity index (χ4v) is 6.41. The number of carbonyl (C=O) groups is 1. The summed E-state index contributed by atoms with van der Waals surface area (Å²) in [5, 5.41) is 11.7. The average Bonchev–Trinajstić information content (AvgIpc) is 2.94. The van der Waals surface area contributed by atoms with Crippen molar-refractivity contribution in [2.75, 3.05) is 37.6 Å². The number of piperidine rings is 1. The zero-order valence-electron chi connectivity index (χ0n) is 24.8. The lowest BCUT2D eigenvalue weighted by Gasteiger charge is -2.42. The van der Waals surface area contributed by atoms with E-state index >= 15 is 0 Å². The summed E-state index contributed by atoms with van der Waals surface area (Å²) in [5.41, 5.74) is 1.08. The molecule has 0 spiro atoms. The first-order valence-corrected chi connectivity index (χ1v) is 15.3. The second kappa shape index (κ2) is 15.6. The number of likely N-dealkylation sites (tertiary alicyclic amines) is 1. The minimum absolute atomic E-state index is 0.130. The molecule has 0 N–H and O–H groups in total. The van der Waals surface area contributed by atoms with E-state index in [1.54, 1.807) is 12.1 Å². The van der Waals surface area contributed by atoms with Gasteiger partial charge in [-0.2, -0.15) is 5.26 Å². The van der Waals surface area contributed by atoms with Crippen molar-refractivity contribution in [3.05, 3.63) is 54.1 Å². The third-order valence-corrected chi connectivity index (χ3v) is 8.46. The molecular formula is C32H43F3N3O3P. The maximum atomic E-state index is 12.5. The summed E-state index contributed by atoms with van der Waals surface area (Å²) in [6, 6.07) is 16.8. The largest absolute Gasteiger partial charge is 0.573 e. The molecule has 10 heteroatoms. The van der Waals surface area contributed by atoms with Crippen LogP contribution in [-0.2, 0) is 14.9 Å². The highest BCUT2D eigenvalue weighted by atomic mass is 31.0. The molecule has 1 heterocycles. The Morgan fingerprint density at radius 2 is 1.86 bits per heavy atom. The van der Waals surface area contributed by atoms with Gasteiger partial charge in [-0.15, -0.1) is 22.4 Å². The van der Waals surface area contributed by atoms with Gasteiger partial charge in [-0.05, 0) is 93.3 Å². The number of esters is 1. The molecule has 6 nitrogen and oxygen atoms in total. The van der Waals surface area contributed by atoms with Crippen molar-refractivity contribution in [1.29, 1.82) is 5.26 Å². The molecule has 42 heavy (non-hydrogen) atoms. The molecule has 1 saturated heterocycles. The van der Waals surface area contributed by atoms with E-state index < -0.39 is 11.8 Å². The van der Waals surface area contributed by atoms with Gasteiger partial charge < -0.3 is 19.3 Å². The quantitative estimate of drug-likeness (QED) is 0.179. The van der Waals surface area contributed by atoms with Crippen LogP contribution in [0.15, 0.2) is 48.5 Å². The lowest BCUT2D eigenvalue weighted by atomic mass is 9.64. The number of hydrogen-bond acceptors (Lipinski definition) is 6. The van der Waals surface area contributed by atoms with Crippen LogP contribution in [-0.4, -0.2) is 56.1 Å². The number of ether oxygens (including phenoxy) is 2. The van der Waals surface area contributed by atoms with Crippen LogP contribution in [0.2, 0.25) is 0 Å². The number of carbonyl (C=O) groups excluding carboxylic acids is 1. The summed E-state index contributed by atoms with van der Waals surface area (Å²) in [6.45, 7) is 9.66. The summed E-state index contributed by atoms with van der Waals surface area (Å²) < 4.78 is 47.1. The van der Waals surface area contributed by atoms with Gasteiger partial charge in [0.05, 0.1) is 11.5 Å². The zero-order chi connectivity index (χ0) is 30.8. The molecule has 0 aliphatic carbocycles. The van der Waals surface area contributed by atoms with Crippen LogP contribution in [0, 0.1) is 17.2 Å². The van der Waals surface area contributed by atoms with Gasteiger partial charge in [0, 0.05) is 32.1 Å². The predicted octanol–water partition coefficient (Wildman–Crippen LogP) is 6.60. The van der Waals surface area contributed by atoms with Gasteiger partial charge in [0.2, 0.25) is 0 Å². The number of anilines is 1. The molecular weight excluding hydrogens is 562 g/mol. The van der Waals surface area contributed by atoms with Gasteiger partial charge in [-0.25, -0.2) is 0 Å². The average molecular weight is 606 g/mol. The summed E-state index contributed by atoms with van der Waals surface area (Å²) in [6.07, 6.45) is -0.317. The molecule has 2 aromatic rings. The maximum absolute atomic E-state index is 12.5. The van der Waals surface area contributed by atoms with Crippen LogP contribution < -0.4 is 14.9 Å². The first-order chi connectivity index (χ1) is 20.0. The number of alkyl halides is 3. The van der Waals surface area contributed by atoms with Crippen molar-refractivity contribution in [2.45, 2.75) is 77.2 Å². The molecule has 2 aromatic carbocycles. The van der Waals surface area contributed by atoms with E-state index in [1.807, 2.05) is 25.1 Å². The van der Waals surface area contributed by atoms with Gasteiger partial charge in [0.25, 0.3) is 0 Å². The predicted molar refractivity (Wildman–Crippen MR) is 163 cm³/mol. The highest BCUT2D eigenvalue weighted by Gasteiger charge is 2.44. The van der Waals surface area contributed by atoms with Crippen LogP contribution in [0.1, 0.15) is 64.9 Å². The molecule has 1 aliphatic heterocycles. The standard InChI is InChI=1S/C32H43F3N3O3P/c1-4-8-29(40-24(3)39)22-31(23-36,26-9-6-10-30(42)21-26)25-15-19-37(20-16-25)17-7-18-38(5-2)27-11-13-28(14-12-27)41-32(33,34)35/h6,9-14,21,25,29H,4-5,7-8,15-20,22,42H2,1-3H3/t29-,31?/m1/s1. The summed E-state index contributed by atoms with van der Waals surface area (Å²) in [4.78, 5) is 16.4. The Morgan fingerprint density at radius 3 is 2.40 bits per heavy atom. The van der Waals surface area contributed by atoms with Crippen molar-refractivity contribution >= 4 is 26.2 Å². The third-order valence-electron chi connectivity index (χ3n) is 8.10. The van der Waals surface area contributed by atoms with Crippen LogP contribution >= 0.6 is 9.24 Å². The molecule has 0 aromatic heterocycles. The minimum atomic E-state index is -4.70. The number of rotatable bonds is 14. The Hall–Kier alpha value is -2.82. The van der Waals surface area contributed by atoms with Gasteiger partial charge in [-0.3, -0.25) is 4.79 Å². The third kappa shape index (κ3) is 9.61. The van der Waals surface area contributed by atoms with Crippen molar-refractivity contribution in [2.24, 2.45) is 5.92 Å². The van der Waals surface area contributed by atoms with Crippen molar-refractivity contribution in [3.8, 4) is 11.8 Å². The van der Waals surface area contributed by atoms with Crippen LogP contribution in [0.25, 0.3) is 0 Å². The van der Waals surface area contributed by atoms with Crippen LogP contribution in [0.5, 0.6) is 5.75 Å². The Bertz CT molecular complexity index is 1180. The topological polar surface area (TPSA) is 65.8 Å². The van der Waals surface area contributed by atoms with Crippen molar-refractivity contribution in [3.63, 3.8) is 0 Å². The van der Waals surface area contributed by atoms with E-state index in [9.17, 15) is 23.2 Å². The fraction of sp³-hybridized carbons (Fsp3) is 0.562. The van der Waals surface area contributed by atoms with E-state index in [0.717, 1.165) is 75.0 Å². The molecule has 0 radical (unpaired) electrons. The van der Waals surface area contributed by atoms with Crippen molar-refractivity contribution < 1.29 is 27.4 Å². The molecule has 0 bridgehead atoms. The molecule has 2 unspecified atom stereocenters. The molecule has 230 valence electrons. The Labute approximate surface area is 250 Å². The molecule has 1 fully saturated rings. The second-order valence-corrected chi connectivity index (χ2v) is 11.7. The Morgan fingerprint density at radius 1 is 1.17 bits per heavy atom. The summed E-state index contributed by atoms with van der Waals surface area (Å²) >= 11 is 0. The van der Waals surface area contributed by atoms with Gasteiger partial charge in [-0.1, -0.05) is 37.6 Å². The van der Waals surface area contributed by atoms with Gasteiger partial charge in [0.1, 0.15) is 11.9 Å². The summed E-state index contributed by atoms with van der Waals surface area (Å²) in [5.74, 6) is -0.413. The second-order valence-electron chi connectivity index (χ2n) is 11.0. The van der Waals surface area contributed by atoms with Crippen LogP contribution in [0.4, 0.5) is 18.9 Å². The van der Waals surface area contributed by atoms with E-state index in [-0.39, 0.29) is 23.7 Å². The minimum Gasteiger partial charge on any atom is -0.462 e. The molecule has 1 aliphatic rings. The van der Waals surface area contributed by atoms with E-state index in [0.29, 0.717) is 12.8 Å². The first kappa shape index (κ1) is 33.7. The van der Waals surface area contributed by atoms with Gasteiger partial charge in [0.15, 0.2) is 0 Å². The number of hydrogen-bond donors (Lipinski definition) is 0. The molecule has 0 amide bonds. The smallest absolute Gasteiger partial charge is 0.462 e. The van der Waals surface area contributed by atoms with Crippen molar-refractivity contribution in [1.82, 2.24) is 4.90 Å². The Kier molecular flexibility index (Phi) is 12.5. The number of nitrogens with zero attached hydrogens (tertiary/aromatic N) is 3. The number of nitriles is 1. The zero-order valence-corrected chi connectivity index (χ0v) is 26.0. The Balaban J connectivity index is 1.63. The van der Waals surface area contributed by atoms with Crippen LogP contribution in [0.3, 0.4) is 0 Å². The van der Waals surface area contributed by atoms with E-state index in [4.69, 9.17) is 4.74 Å². The molecule has 0 saturated carbocycles. The van der Waals surface area contributed by atoms with E-state index in [2.05, 4.69) is 42.8 Å². The summed E-state index contributed by atoms with van der Waals surface area (Å²) in [7, 11) is 2.72. The first-order valence-electron chi connectivity index (χ1n) is 14.8. The lowest BCUT2D eigenvalue weighted by molar-refractivity contribution is -0.274. The monoisotopic (exact) mass is 605 g/mol. The lowest BCUT2D eigenvalue weighted by Crippen LogP contribution is -2.45. The maximum Gasteiger partial charge on any atom is 0.573 e. The molecule has 3 atom stereocenters. The van der Waals surface area contributed by atoms with Gasteiger partial charge >= 0.3 is 12.3 Å². The SMILES string of the molecule is CCC[C@H](CC(C#N)(c1cccc(P)c1)C1CCN(CCCN(CC)c2ccc(OC(F)(F)F)cc2)CC1)OC(C)=O. The number of benzene rings is 2. The number of halogens is 3.